The second kappa shape index (κ2) is 7.23. The molecule has 3 nitrogen and oxygen atoms in total. The molecule has 0 aromatic heterocycles. The maximum absolute atomic E-state index is 13.7. The molecule has 0 atom stereocenters. The van der Waals surface area contributed by atoms with Crippen molar-refractivity contribution >= 4 is 21.8 Å². The number of hydrogen-bond donors (Lipinski definition) is 0. The zero-order chi connectivity index (χ0) is 16.2. The Balaban J connectivity index is 1.58. The molecule has 2 aromatic carbocycles. The van der Waals surface area contributed by atoms with Crippen LogP contribution in [0.2, 0.25) is 0 Å². The lowest BCUT2D eigenvalue weighted by molar-refractivity contribution is 0.0624. The summed E-state index contributed by atoms with van der Waals surface area (Å²) in [6, 6.07) is 14.4. The van der Waals surface area contributed by atoms with E-state index in [9.17, 15) is 9.18 Å². The van der Waals surface area contributed by atoms with E-state index in [4.69, 9.17) is 0 Å². The molecule has 0 spiro atoms. The minimum absolute atomic E-state index is 0.160. The van der Waals surface area contributed by atoms with Crippen molar-refractivity contribution in [3.05, 3.63) is 69.9 Å². The third-order valence-corrected chi connectivity index (χ3v) is 4.55. The number of nitrogens with zero attached hydrogens (tertiary/aromatic N) is 2. The maximum Gasteiger partial charge on any atom is 0.256 e. The van der Waals surface area contributed by atoms with Crippen molar-refractivity contribution < 1.29 is 9.18 Å². The summed E-state index contributed by atoms with van der Waals surface area (Å²) in [5.74, 6) is -0.667. The van der Waals surface area contributed by atoms with Crippen LogP contribution in [-0.4, -0.2) is 41.9 Å². The Kier molecular flexibility index (Phi) is 5.08. The highest BCUT2D eigenvalue weighted by molar-refractivity contribution is 9.10. The van der Waals surface area contributed by atoms with Crippen LogP contribution in [0, 0.1) is 5.82 Å². The molecule has 1 aliphatic rings. The third kappa shape index (κ3) is 3.98. The average Bonchev–Trinajstić information content (AvgIpc) is 2.55. The Morgan fingerprint density at radius 1 is 1.04 bits per heavy atom. The van der Waals surface area contributed by atoms with Gasteiger partial charge in [0.2, 0.25) is 0 Å². The summed E-state index contributed by atoms with van der Waals surface area (Å²) in [6.07, 6.45) is 0. The normalized spacial score (nSPS) is 15.7. The molecule has 1 fully saturated rings. The van der Waals surface area contributed by atoms with Crippen molar-refractivity contribution in [2.45, 2.75) is 6.54 Å². The highest BCUT2D eigenvalue weighted by Crippen LogP contribution is 2.16. The van der Waals surface area contributed by atoms with Gasteiger partial charge in [-0.15, -0.1) is 0 Å². The molecule has 1 saturated heterocycles. The lowest BCUT2D eigenvalue weighted by Gasteiger charge is -2.34. The number of benzene rings is 2. The molecule has 1 aliphatic heterocycles. The molecular formula is C18H18BrFN2O. The van der Waals surface area contributed by atoms with Gasteiger partial charge in [0, 0.05) is 37.2 Å². The molecule has 5 heteroatoms. The van der Waals surface area contributed by atoms with Crippen molar-refractivity contribution in [3.63, 3.8) is 0 Å². The fourth-order valence-corrected chi connectivity index (χ4v) is 3.25. The van der Waals surface area contributed by atoms with E-state index in [-0.39, 0.29) is 11.5 Å². The molecule has 0 bridgehead atoms. The molecule has 0 aliphatic carbocycles. The molecule has 0 unspecified atom stereocenters. The smallest absolute Gasteiger partial charge is 0.256 e. The van der Waals surface area contributed by atoms with Gasteiger partial charge in [-0.25, -0.2) is 4.39 Å². The summed E-state index contributed by atoms with van der Waals surface area (Å²) in [4.78, 5) is 16.4. The van der Waals surface area contributed by atoms with Crippen LogP contribution >= 0.6 is 15.9 Å². The summed E-state index contributed by atoms with van der Waals surface area (Å²) in [5, 5.41) is 0. The van der Waals surface area contributed by atoms with Crippen LogP contribution < -0.4 is 0 Å². The van der Waals surface area contributed by atoms with E-state index in [1.54, 1.807) is 23.1 Å². The molecule has 0 N–H and O–H groups in total. The first-order chi connectivity index (χ1) is 11.1. The van der Waals surface area contributed by atoms with E-state index in [0.717, 1.165) is 24.1 Å². The molecule has 23 heavy (non-hydrogen) atoms. The van der Waals surface area contributed by atoms with Gasteiger partial charge < -0.3 is 4.90 Å². The zero-order valence-corrected chi connectivity index (χ0v) is 14.3. The average molecular weight is 377 g/mol. The first-order valence-electron chi connectivity index (χ1n) is 7.64. The number of carbonyl (C=O) groups is 1. The molecule has 3 rings (SSSR count). The Labute approximate surface area is 143 Å². The van der Waals surface area contributed by atoms with E-state index in [1.807, 2.05) is 12.1 Å². The van der Waals surface area contributed by atoms with Crippen LogP contribution in [0.15, 0.2) is 53.0 Å². The fourth-order valence-electron chi connectivity index (χ4n) is 2.81. The summed E-state index contributed by atoms with van der Waals surface area (Å²) in [5.41, 5.74) is 1.40. The van der Waals surface area contributed by atoms with Crippen LogP contribution in [0.25, 0.3) is 0 Å². The second-order valence-electron chi connectivity index (χ2n) is 5.68. The van der Waals surface area contributed by atoms with Crippen molar-refractivity contribution in [1.29, 1.82) is 0 Å². The number of halogens is 2. The first kappa shape index (κ1) is 16.1. The summed E-state index contributed by atoms with van der Waals surface area (Å²) in [6.45, 7) is 3.71. The summed E-state index contributed by atoms with van der Waals surface area (Å²) < 4.78 is 14.8. The largest absolute Gasteiger partial charge is 0.336 e. The van der Waals surface area contributed by atoms with Crippen molar-refractivity contribution in [2.24, 2.45) is 0 Å². The minimum atomic E-state index is -0.450. The number of carbonyl (C=O) groups excluding carboxylic acids is 1. The van der Waals surface area contributed by atoms with Gasteiger partial charge in [0.05, 0.1) is 5.56 Å². The molecule has 120 valence electrons. The molecule has 1 amide bonds. The Morgan fingerprint density at radius 2 is 1.78 bits per heavy atom. The van der Waals surface area contributed by atoms with Crippen LogP contribution in [0.3, 0.4) is 0 Å². The minimum Gasteiger partial charge on any atom is -0.336 e. The summed E-state index contributed by atoms with van der Waals surface area (Å²) in [7, 11) is 0. The lowest BCUT2D eigenvalue weighted by atomic mass is 10.1. The van der Waals surface area contributed by atoms with E-state index < -0.39 is 5.82 Å². The third-order valence-electron chi connectivity index (χ3n) is 4.06. The molecule has 2 aromatic rings. The van der Waals surface area contributed by atoms with Gasteiger partial charge >= 0.3 is 0 Å². The maximum atomic E-state index is 13.7. The van der Waals surface area contributed by atoms with Gasteiger partial charge in [0.25, 0.3) is 5.91 Å². The molecule has 1 heterocycles. The predicted octanol–water partition coefficient (Wildman–Crippen LogP) is 3.55. The van der Waals surface area contributed by atoms with Crippen LogP contribution in [0.5, 0.6) is 0 Å². The van der Waals surface area contributed by atoms with E-state index in [2.05, 4.69) is 33.0 Å². The predicted molar refractivity (Wildman–Crippen MR) is 91.7 cm³/mol. The Hall–Kier alpha value is -1.72. The van der Waals surface area contributed by atoms with E-state index in [1.165, 1.54) is 11.6 Å². The van der Waals surface area contributed by atoms with Crippen molar-refractivity contribution in [3.8, 4) is 0 Å². The lowest BCUT2D eigenvalue weighted by Crippen LogP contribution is -2.48. The van der Waals surface area contributed by atoms with Crippen LogP contribution in [-0.2, 0) is 6.54 Å². The van der Waals surface area contributed by atoms with Gasteiger partial charge in [0.1, 0.15) is 5.82 Å². The van der Waals surface area contributed by atoms with Gasteiger partial charge in [-0.3, -0.25) is 9.69 Å². The SMILES string of the molecule is O=C(c1ccccc1F)N1CCN(Cc2cccc(Br)c2)CC1. The van der Waals surface area contributed by atoms with Gasteiger partial charge in [-0.2, -0.15) is 0 Å². The van der Waals surface area contributed by atoms with Crippen molar-refractivity contribution in [1.82, 2.24) is 9.80 Å². The number of rotatable bonds is 3. The monoisotopic (exact) mass is 376 g/mol. The first-order valence-corrected chi connectivity index (χ1v) is 8.43. The van der Waals surface area contributed by atoms with Crippen LogP contribution in [0.1, 0.15) is 15.9 Å². The molecule has 0 radical (unpaired) electrons. The topological polar surface area (TPSA) is 23.6 Å². The number of hydrogen-bond acceptors (Lipinski definition) is 2. The van der Waals surface area contributed by atoms with E-state index in [0.29, 0.717) is 13.1 Å². The standard InChI is InChI=1S/C18H18BrFN2O/c19-15-5-3-4-14(12-15)13-21-8-10-22(11-9-21)18(23)16-6-1-2-7-17(16)20/h1-7,12H,8-11,13H2. The zero-order valence-electron chi connectivity index (χ0n) is 12.7. The fraction of sp³-hybridized carbons (Fsp3) is 0.278. The summed E-state index contributed by atoms with van der Waals surface area (Å²) >= 11 is 3.48. The highest BCUT2D eigenvalue weighted by atomic mass is 79.9. The van der Waals surface area contributed by atoms with E-state index >= 15 is 0 Å². The molecular weight excluding hydrogens is 359 g/mol. The van der Waals surface area contributed by atoms with Gasteiger partial charge in [-0.05, 0) is 29.8 Å². The quantitative estimate of drug-likeness (QED) is 0.817. The van der Waals surface area contributed by atoms with Gasteiger partial charge in [0.15, 0.2) is 0 Å². The Morgan fingerprint density at radius 3 is 2.48 bits per heavy atom. The van der Waals surface area contributed by atoms with Gasteiger partial charge in [-0.1, -0.05) is 40.2 Å². The second-order valence-corrected chi connectivity index (χ2v) is 6.59. The highest BCUT2D eigenvalue weighted by Gasteiger charge is 2.23. The van der Waals surface area contributed by atoms with Crippen LogP contribution in [0.4, 0.5) is 4.39 Å². The Bertz CT molecular complexity index is 699. The van der Waals surface area contributed by atoms with Crippen molar-refractivity contribution in [2.75, 3.05) is 26.2 Å². The number of piperazine rings is 1. The molecule has 0 saturated carbocycles. The number of amides is 1.